The molecule has 0 amide bonds. The zero-order chi connectivity index (χ0) is 16.9. The fourth-order valence-corrected chi connectivity index (χ4v) is 4.67. The van der Waals surface area contributed by atoms with E-state index in [1.54, 1.807) is 0 Å². The van der Waals surface area contributed by atoms with Crippen molar-refractivity contribution in [2.75, 3.05) is 6.61 Å². The molecule has 0 unspecified atom stereocenters. The number of hydrogen-bond donors (Lipinski definition) is 0. The molecular formula is C17H24N2OSeSi. The molecule has 0 saturated heterocycles. The van der Waals surface area contributed by atoms with Crippen LogP contribution in [0.1, 0.15) is 27.2 Å². The second kappa shape index (κ2) is 7.44. The van der Waals surface area contributed by atoms with Crippen LogP contribution in [0.2, 0.25) is 22.4 Å². The van der Waals surface area contributed by atoms with Gasteiger partial charge in [-0.05, 0) is 0 Å². The molecule has 118 valence electrons. The van der Waals surface area contributed by atoms with E-state index in [0.717, 1.165) is 4.46 Å². The normalized spacial score (nSPS) is 12.5. The molecule has 0 saturated carbocycles. The van der Waals surface area contributed by atoms with Crippen molar-refractivity contribution in [3.63, 3.8) is 0 Å². The van der Waals surface area contributed by atoms with Crippen molar-refractivity contribution in [3.05, 3.63) is 30.3 Å². The van der Waals surface area contributed by atoms with Crippen molar-refractivity contribution in [1.29, 1.82) is 10.5 Å². The topological polar surface area (TPSA) is 56.8 Å². The Morgan fingerprint density at radius 1 is 1.09 bits per heavy atom. The minimum absolute atomic E-state index is 0.138. The van der Waals surface area contributed by atoms with E-state index in [4.69, 9.17) is 4.43 Å². The SMILES string of the molecule is CC(C)(C)[Si](C)(C)OCCC(C#N)(C#N)[Se]c1ccccc1. The van der Waals surface area contributed by atoms with E-state index >= 15 is 0 Å². The standard InChI is InChI=1S/C17H24N2OSeSi/c1-16(2,3)22(4,5)20-12-11-17(13-18,14-19)21-15-9-7-6-8-10-15/h6-10H,11-12H2,1-5H3. The van der Waals surface area contributed by atoms with E-state index in [0.29, 0.717) is 13.0 Å². The minimum atomic E-state index is -1.83. The quantitative estimate of drug-likeness (QED) is 0.709. The summed E-state index contributed by atoms with van der Waals surface area (Å²) in [4.78, 5) is 0. The number of hydrogen-bond acceptors (Lipinski definition) is 3. The molecule has 22 heavy (non-hydrogen) atoms. The fraction of sp³-hybridized carbons (Fsp3) is 0.529. The van der Waals surface area contributed by atoms with Gasteiger partial charge in [-0.15, -0.1) is 0 Å². The van der Waals surface area contributed by atoms with Crippen LogP contribution in [0.5, 0.6) is 0 Å². The Morgan fingerprint density at radius 2 is 1.64 bits per heavy atom. The van der Waals surface area contributed by atoms with E-state index in [1.165, 1.54) is 0 Å². The van der Waals surface area contributed by atoms with Gasteiger partial charge in [-0.3, -0.25) is 0 Å². The fourth-order valence-electron chi connectivity index (χ4n) is 1.59. The third kappa shape index (κ3) is 4.97. The van der Waals surface area contributed by atoms with E-state index in [9.17, 15) is 10.5 Å². The van der Waals surface area contributed by atoms with Crippen LogP contribution >= 0.6 is 0 Å². The zero-order valence-corrected chi connectivity index (χ0v) is 16.7. The molecule has 0 fully saturated rings. The van der Waals surface area contributed by atoms with E-state index in [2.05, 4.69) is 46.0 Å². The van der Waals surface area contributed by atoms with Gasteiger partial charge in [0.15, 0.2) is 0 Å². The summed E-state index contributed by atoms with van der Waals surface area (Å²) in [6.07, 6.45) is 0.474. The van der Waals surface area contributed by atoms with Gasteiger partial charge in [-0.25, -0.2) is 0 Å². The van der Waals surface area contributed by atoms with Crippen molar-refractivity contribution < 1.29 is 4.43 Å². The second-order valence-corrected chi connectivity index (χ2v) is 14.5. The Balaban J connectivity index is 2.74. The van der Waals surface area contributed by atoms with Crippen molar-refractivity contribution in [1.82, 2.24) is 0 Å². The van der Waals surface area contributed by atoms with Crippen LogP contribution in [0, 0.1) is 22.7 Å². The maximum atomic E-state index is 9.53. The predicted molar refractivity (Wildman–Crippen MR) is 93.5 cm³/mol. The summed E-state index contributed by atoms with van der Waals surface area (Å²) in [5, 5.41) is 19.2. The Labute approximate surface area is 141 Å². The van der Waals surface area contributed by atoms with Crippen LogP contribution in [0.3, 0.4) is 0 Å². The first kappa shape index (κ1) is 18.9. The Morgan fingerprint density at radius 3 is 2.09 bits per heavy atom. The van der Waals surface area contributed by atoms with Gasteiger partial charge in [0.25, 0.3) is 0 Å². The first-order valence-electron chi connectivity index (χ1n) is 7.36. The van der Waals surface area contributed by atoms with E-state index < -0.39 is 12.6 Å². The molecule has 0 radical (unpaired) electrons. The van der Waals surface area contributed by atoms with Gasteiger partial charge >= 0.3 is 141 Å². The van der Waals surface area contributed by atoms with Gasteiger partial charge in [-0.1, -0.05) is 0 Å². The van der Waals surface area contributed by atoms with Crippen molar-refractivity contribution >= 4 is 27.7 Å². The summed E-state index contributed by atoms with van der Waals surface area (Å²) in [5.41, 5.74) is 0. The predicted octanol–water partition coefficient (Wildman–Crippen LogP) is 3.63. The molecule has 0 bridgehead atoms. The molecule has 0 aliphatic heterocycles. The number of rotatable bonds is 6. The van der Waals surface area contributed by atoms with Gasteiger partial charge in [0.1, 0.15) is 0 Å². The number of benzene rings is 1. The van der Waals surface area contributed by atoms with Crippen LogP contribution in [-0.4, -0.2) is 29.9 Å². The zero-order valence-electron chi connectivity index (χ0n) is 14.0. The van der Waals surface area contributed by atoms with Crippen molar-refractivity contribution in [2.45, 2.75) is 49.6 Å². The monoisotopic (exact) mass is 380 g/mol. The van der Waals surface area contributed by atoms with E-state index in [-0.39, 0.29) is 20.0 Å². The molecule has 0 aliphatic carbocycles. The van der Waals surface area contributed by atoms with Crippen LogP contribution in [0.4, 0.5) is 0 Å². The molecular weight excluding hydrogens is 355 g/mol. The maximum absolute atomic E-state index is 9.53. The average Bonchev–Trinajstić information content (AvgIpc) is 2.46. The van der Waals surface area contributed by atoms with Gasteiger partial charge in [0, 0.05) is 0 Å². The molecule has 0 aliphatic rings. The van der Waals surface area contributed by atoms with Crippen molar-refractivity contribution in [3.8, 4) is 12.1 Å². The first-order valence-corrected chi connectivity index (χ1v) is 12.0. The van der Waals surface area contributed by atoms with Crippen LogP contribution in [0.25, 0.3) is 0 Å². The molecule has 0 atom stereocenters. The molecule has 5 heteroatoms. The molecule has 3 nitrogen and oxygen atoms in total. The molecule has 0 aromatic heterocycles. The van der Waals surface area contributed by atoms with Gasteiger partial charge in [-0.2, -0.15) is 0 Å². The second-order valence-electron chi connectivity index (χ2n) is 6.82. The van der Waals surface area contributed by atoms with Crippen LogP contribution in [-0.2, 0) is 4.43 Å². The van der Waals surface area contributed by atoms with E-state index in [1.807, 2.05) is 30.3 Å². The molecule has 0 N–H and O–H groups in total. The Kier molecular flexibility index (Phi) is 6.41. The van der Waals surface area contributed by atoms with Crippen LogP contribution in [0.15, 0.2) is 30.3 Å². The number of nitrogens with zero attached hydrogens (tertiary/aromatic N) is 2. The average molecular weight is 379 g/mol. The Hall–Kier alpha value is -1.10. The third-order valence-corrected chi connectivity index (χ3v) is 11.3. The third-order valence-electron chi connectivity index (χ3n) is 4.12. The van der Waals surface area contributed by atoms with Crippen LogP contribution < -0.4 is 4.46 Å². The van der Waals surface area contributed by atoms with Gasteiger partial charge in [0.2, 0.25) is 0 Å². The summed E-state index contributed by atoms with van der Waals surface area (Å²) < 4.78 is 6.26. The number of nitriles is 2. The summed E-state index contributed by atoms with van der Waals surface area (Å²) >= 11 is -0.200. The molecule has 1 rings (SSSR count). The summed E-state index contributed by atoms with van der Waals surface area (Å²) in [5.74, 6) is 0. The van der Waals surface area contributed by atoms with Gasteiger partial charge < -0.3 is 0 Å². The van der Waals surface area contributed by atoms with Gasteiger partial charge in [0.05, 0.1) is 0 Å². The first-order chi connectivity index (χ1) is 10.2. The molecule has 1 aromatic rings. The molecule has 0 heterocycles. The van der Waals surface area contributed by atoms with Crippen molar-refractivity contribution in [2.24, 2.45) is 0 Å². The summed E-state index contributed by atoms with van der Waals surface area (Å²) in [6, 6.07) is 14.3. The molecule has 0 spiro atoms. The molecule has 1 aromatic carbocycles. The Bertz CT molecular complexity index is 553. The summed E-state index contributed by atoms with van der Waals surface area (Å²) in [7, 11) is -1.83. The summed E-state index contributed by atoms with van der Waals surface area (Å²) in [6.45, 7) is 11.4.